The Morgan fingerprint density at radius 2 is 1.29 bits per heavy atom. The molecule has 3 rings (SSSR count). The number of aryl methyl sites for hydroxylation is 4. The second kappa shape index (κ2) is 4.69. The Morgan fingerprint density at radius 3 is 1.90 bits per heavy atom. The maximum Gasteiger partial charge on any atom is 0.142 e. The lowest BCUT2D eigenvalue weighted by molar-refractivity contribution is 0.411. The van der Waals surface area contributed by atoms with Crippen LogP contribution in [0.3, 0.4) is 0 Å². The smallest absolute Gasteiger partial charge is 0.142 e. The highest BCUT2D eigenvalue weighted by Gasteiger charge is 2.19. The van der Waals surface area contributed by atoms with Crippen LogP contribution >= 0.6 is 0 Å². The van der Waals surface area contributed by atoms with Crippen molar-refractivity contribution in [1.29, 1.82) is 0 Å². The molecule has 0 N–H and O–H groups in total. The molecule has 110 valence electrons. The fourth-order valence-electron chi connectivity index (χ4n) is 3.11. The van der Waals surface area contributed by atoms with Crippen molar-refractivity contribution in [2.75, 3.05) is 14.2 Å². The summed E-state index contributed by atoms with van der Waals surface area (Å²) in [6.07, 6.45) is 0. The van der Waals surface area contributed by atoms with Crippen molar-refractivity contribution in [2.24, 2.45) is 0 Å². The summed E-state index contributed by atoms with van der Waals surface area (Å²) in [6, 6.07) is 4.10. The van der Waals surface area contributed by atoms with Crippen LogP contribution in [0, 0.1) is 27.7 Å². The minimum absolute atomic E-state index is 0.862. The normalized spacial score (nSPS) is 11.3. The molecule has 0 aliphatic carbocycles. The summed E-state index contributed by atoms with van der Waals surface area (Å²) in [4.78, 5) is 0. The Morgan fingerprint density at radius 1 is 0.714 bits per heavy atom. The van der Waals surface area contributed by atoms with Crippen molar-refractivity contribution in [3.8, 4) is 11.5 Å². The highest BCUT2D eigenvalue weighted by molar-refractivity contribution is 6.11. The third kappa shape index (κ3) is 1.80. The van der Waals surface area contributed by atoms with Crippen LogP contribution in [0.15, 0.2) is 16.5 Å². The second-order valence-electron chi connectivity index (χ2n) is 5.55. The number of methoxy groups -OCH3 is 2. The van der Waals surface area contributed by atoms with Crippen molar-refractivity contribution in [3.63, 3.8) is 0 Å². The predicted octanol–water partition coefficient (Wildman–Crippen LogP) is 4.84. The maximum atomic E-state index is 6.18. The van der Waals surface area contributed by atoms with Gasteiger partial charge in [-0.25, -0.2) is 0 Å². The summed E-state index contributed by atoms with van der Waals surface area (Å²) in [6.45, 7) is 8.25. The summed E-state index contributed by atoms with van der Waals surface area (Å²) in [5.41, 5.74) is 6.23. The van der Waals surface area contributed by atoms with Crippen molar-refractivity contribution in [3.05, 3.63) is 34.4 Å². The monoisotopic (exact) mass is 284 g/mol. The van der Waals surface area contributed by atoms with Gasteiger partial charge in [0.05, 0.1) is 14.2 Å². The Kier molecular flexibility index (Phi) is 3.08. The van der Waals surface area contributed by atoms with E-state index < -0.39 is 0 Å². The van der Waals surface area contributed by atoms with Gasteiger partial charge >= 0.3 is 0 Å². The van der Waals surface area contributed by atoms with Crippen LogP contribution in [0.5, 0.6) is 11.5 Å². The van der Waals surface area contributed by atoms with E-state index in [-0.39, 0.29) is 0 Å². The van der Waals surface area contributed by atoms with Gasteiger partial charge in [-0.3, -0.25) is 0 Å². The molecule has 0 saturated heterocycles. The zero-order chi connectivity index (χ0) is 15.3. The minimum Gasteiger partial charge on any atom is -0.496 e. The van der Waals surface area contributed by atoms with Gasteiger partial charge in [-0.15, -0.1) is 0 Å². The first-order chi connectivity index (χ1) is 9.99. The molecular formula is C18H20O3. The molecule has 21 heavy (non-hydrogen) atoms. The second-order valence-corrected chi connectivity index (χ2v) is 5.55. The Balaban J connectivity index is 2.59. The predicted molar refractivity (Wildman–Crippen MR) is 85.8 cm³/mol. The maximum absolute atomic E-state index is 6.18. The average molecular weight is 284 g/mol. The van der Waals surface area contributed by atoms with Crippen LogP contribution in [0.4, 0.5) is 0 Å². The molecule has 2 aromatic carbocycles. The van der Waals surface area contributed by atoms with Crippen LogP contribution < -0.4 is 9.47 Å². The van der Waals surface area contributed by atoms with Gasteiger partial charge in [0.15, 0.2) is 0 Å². The van der Waals surface area contributed by atoms with Gasteiger partial charge in [-0.1, -0.05) is 0 Å². The van der Waals surface area contributed by atoms with Gasteiger partial charge in [-0.2, -0.15) is 0 Å². The minimum atomic E-state index is 0.862. The summed E-state index contributed by atoms with van der Waals surface area (Å²) in [5.74, 6) is 1.76. The Hall–Kier alpha value is -2.16. The number of fused-ring (bicyclic) bond motifs is 3. The lowest BCUT2D eigenvalue weighted by Crippen LogP contribution is -1.91. The lowest BCUT2D eigenvalue weighted by atomic mass is 9.99. The lowest BCUT2D eigenvalue weighted by Gasteiger charge is -2.09. The first-order valence-corrected chi connectivity index (χ1v) is 7.04. The van der Waals surface area contributed by atoms with Crippen molar-refractivity contribution in [1.82, 2.24) is 0 Å². The van der Waals surface area contributed by atoms with E-state index in [4.69, 9.17) is 13.9 Å². The number of hydrogen-bond acceptors (Lipinski definition) is 3. The zero-order valence-corrected chi connectivity index (χ0v) is 13.4. The number of ether oxygens (including phenoxy) is 2. The van der Waals surface area contributed by atoms with E-state index in [0.29, 0.717) is 0 Å². The summed E-state index contributed by atoms with van der Waals surface area (Å²) >= 11 is 0. The molecule has 0 amide bonds. The van der Waals surface area contributed by atoms with E-state index in [0.717, 1.165) is 55.7 Å². The molecule has 0 bridgehead atoms. The topological polar surface area (TPSA) is 31.6 Å². The van der Waals surface area contributed by atoms with E-state index >= 15 is 0 Å². The highest BCUT2D eigenvalue weighted by atomic mass is 16.5. The molecule has 0 spiro atoms. The van der Waals surface area contributed by atoms with Crippen molar-refractivity contribution >= 4 is 21.9 Å². The fourth-order valence-corrected chi connectivity index (χ4v) is 3.11. The van der Waals surface area contributed by atoms with Crippen molar-refractivity contribution < 1.29 is 13.9 Å². The quantitative estimate of drug-likeness (QED) is 0.675. The van der Waals surface area contributed by atoms with Crippen molar-refractivity contribution in [2.45, 2.75) is 27.7 Å². The molecule has 0 aliphatic heterocycles. The van der Waals surface area contributed by atoms with Crippen LogP contribution in [0.25, 0.3) is 21.9 Å². The summed E-state index contributed by atoms with van der Waals surface area (Å²) in [5, 5.41) is 2.30. The first kappa shape index (κ1) is 13.8. The molecule has 1 aromatic heterocycles. The molecule has 3 aromatic rings. The van der Waals surface area contributed by atoms with Gasteiger partial charge in [0.1, 0.15) is 22.7 Å². The molecule has 0 fully saturated rings. The van der Waals surface area contributed by atoms with E-state index in [1.807, 2.05) is 13.0 Å². The number of rotatable bonds is 2. The van der Waals surface area contributed by atoms with Gasteiger partial charge < -0.3 is 13.9 Å². The molecule has 0 unspecified atom stereocenters. The molecule has 3 heteroatoms. The van der Waals surface area contributed by atoms with E-state index in [1.54, 1.807) is 14.2 Å². The first-order valence-electron chi connectivity index (χ1n) is 7.04. The fraction of sp³-hybridized carbons (Fsp3) is 0.333. The largest absolute Gasteiger partial charge is 0.496 e. The Labute approximate surface area is 124 Å². The van der Waals surface area contributed by atoms with E-state index in [2.05, 4.69) is 26.8 Å². The highest BCUT2D eigenvalue weighted by Crippen LogP contribution is 2.42. The van der Waals surface area contributed by atoms with Gasteiger partial charge in [0, 0.05) is 21.9 Å². The van der Waals surface area contributed by atoms with Crippen LogP contribution in [-0.4, -0.2) is 14.2 Å². The van der Waals surface area contributed by atoms with E-state index in [9.17, 15) is 0 Å². The SMILES string of the molecule is COc1cc(C)c2c(oc3c(C)cc(OC)c(C)c32)c1C. The van der Waals surface area contributed by atoms with Gasteiger partial charge in [0.25, 0.3) is 0 Å². The third-order valence-electron chi connectivity index (χ3n) is 4.25. The summed E-state index contributed by atoms with van der Waals surface area (Å²) < 4.78 is 17.1. The third-order valence-corrected chi connectivity index (χ3v) is 4.25. The number of furan rings is 1. The standard InChI is InChI=1S/C18H20O3/c1-9-7-14(20-6)12(4)18-15(9)16-11(3)13(19-5)8-10(2)17(16)21-18/h7-8H,1-6H3. The molecule has 0 saturated carbocycles. The summed E-state index contributed by atoms with van der Waals surface area (Å²) in [7, 11) is 3.40. The zero-order valence-electron chi connectivity index (χ0n) is 13.4. The van der Waals surface area contributed by atoms with Gasteiger partial charge in [0.2, 0.25) is 0 Å². The molecule has 0 radical (unpaired) electrons. The van der Waals surface area contributed by atoms with Crippen LogP contribution in [0.2, 0.25) is 0 Å². The average Bonchev–Trinajstić information content (AvgIpc) is 2.88. The molecule has 0 aliphatic rings. The Bertz CT molecular complexity index is 856. The molecule has 3 nitrogen and oxygen atoms in total. The van der Waals surface area contributed by atoms with Gasteiger partial charge in [-0.05, 0) is 51.0 Å². The molecular weight excluding hydrogens is 264 g/mol. The van der Waals surface area contributed by atoms with Crippen LogP contribution in [-0.2, 0) is 0 Å². The number of benzene rings is 2. The van der Waals surface area contributed by atoms with Crippen LogP contribution in [0.1, 0.15) is 22.3 Å². The molecule has 0 atom stereocenters. The van der Waals surface area contributed by atoms with E-state index in [1.165, 1.54) is 0 Å². The number of hydrogen-bond donors (Lipinski definition) is 0. The molecule has 1 heterocycles.